The zero-order valence-corrected chi connectivity index (χ0v) is 10.4. The molecule has 0 atom stereocenters. The van der Waals surface area contributed by atoms with E-state index in [9.17, 15) is 13.2 Å². The Hall–Kier alpha value is -2.36. The van der Waals surface area contributed by atoms with E-state index in [-0.39, 0.29) is 0 Å². The number of aromatic nitrogens is 1. The fourth-order valence-corrected chi connectivity index (χ4v) is 2.23. The van der Waals surface area contributed by atoms with Gasteiger partial charge in [-0.05, 0) is 24.3 Å². The first-order valence-corrected chi connectivity index (χ1v) is 6.02. The van der Waals surface area contributed by atoms with Crippen molar-refractivity contribution in [3.05, 3.63) is 60.2 Å². The zero-order valence-electron chi connectivity index (χ0n) is 10.4. The summed E-state index contributed by atoms with van der Waals surface area (Å²) in [5.74, 6) is 0. The van der Waals surface area contributed by atoms with Crippen LogP contribution in [0.2, 0.25) is 0 Å². The van der Waals surface area contributed by atoms with Crippen LogP contribution in [0.5, 0.6) is 0 Å². The van der Waals surface area contributed by atoms with Crippen LogP contribution in [0.15, 0.2) is 49.0 Å². The second-order valence-electron chi connectivity index (χ2n) is 4.52. The van der Waals surface area contributed by atoms with E-state index in [1.807, 2.05) is 18.2 Å². The standard InChI is InChI=1S/C16H10F3N/c1-2-10-4-3-5-11-8-12-9-13(16(17,18)19)6-7-14(12)20-15(10)11/h2-9H,1H2. The fraction of sp³-hybridized carbons (Fsp3) is 0.0625. The van der Waals surface area contributed by atoms with Crippen molar-refractivity contribution in [2.45, 2.75) is 6.18 Å². The summed E-state index contributed by atoms with van der Waals surface area (Å²) >= 11 is 0. The largest absolute Gasteiger partial charge is 0.416 e. The van der Waals surface area contributed by atoms with Gasteiger partial charge >= 0.3 is 6.18 Å². The van der Waals surface area contributed by atoms with Gasteiger partial charge in [-0.2, -0.15) is 13.2 Å². The molecule has 0 N–H and O–H groups in total. The lowest BCUT2D eigenvalue weighted by molar-refractivity contribution is -0.137. The predicted octanol–water partition coefficient (Wildman–Crippen LogP) is 5.05. The van der Waals surface area contributed by atoms with Gasteiger partial charge in [0.2, 0.25) is 0 Å². The molecule has 4 heteroatoms. The van der Waals surface area contributed by atoms with Crippen LogP contribution < -0.4 is 0 Å². The monoisotopic (exact) mass is 273 g/mol. The van der Waals surface area contributed by atoms with E-state index in [0.717, 1.165) is 28.6 Å². The SMILES string of the molecule is C=Cc1cccc2cc3cc(C(F)(F)F)ccc3nc12. The average Bonchev–Trinajstić information content (AvgIpc) is 2.42. The van der Waals surface area contributed by atoms with Gasteiger partial charge in [-0.15, -0.1) is 0 Å². The van der Waals surface area contributed by atoms with Crippen molar-refractivity contribution < 1.29 is 13.2 Å². The van der Waals surface area contributed by atoms with Gasteiger partial charge in [0.05, 0.1) is 16.6 Å². The number of para-hydroxylation sites is 1. The summed E-state index contributed by atoms with van der Waals surface area (Å²) in [6, 6.07) is 10.8. The molecule has 0 fully saturated rings. The van der Waals surface area contributed by atoms with E-state index >= 15 is 0 Å². The summed E-state index contributed by atoms with van der Waals surface area (Å²) in [5.41, 5.74) is 1.49. The summed E-state index contributed by atoms with van der Waals surface area (Å²) < 4.78 is 38.1. The van der Waals surface area contributed by atoms with Crippen molar-refractivity contribution in [2.24, 2.45) is 0 Å². The summed E-state index contributed by atoms with van der Waals surface area (Å²) in [7, 11) is 0. The average molecular weight is 273 g/mol. The Kier molecular flexibility index (Phi) is 2.74. The first-order chi connectivity index (χ1) is 9.49. The van der Waals surface area contributed by atoms with Crippen molar-refractivity contribution in [1.82, 2.24) is 4.98 Å². The molecule has 0 unspecified atom stereocenters. The number of benzene rings is 2. The van der Waals surface area contributed by atoms with Gasteiger partial charge in [0.25, 0.3) is 0 Å². The number of fused-ring (bicyclic) bond motifs is 2. The summed E-state index contributed by atoms with van der Waals surface area (Å²) in [6.45, 7) is 3.72. The molecular weight excluding hydrogens is 263 g/mol. The van der Waals surface area contributed by atoms with Gasteiger partial charge in [-0.25, -0.2) is 4.98 Å². The van der Waals surface area contributed by atoms with Crippen LogP contribution >= 0.6 is 0 Å². The molecule has 0 aliphatic carbocycles. The number of hydrogen-bond acceptors (Lipinski definition) is 1. The Morgan fingerprint density at radius 3 is 2.50 bits per heavy atom. The van der Waals surface area contributed by atoms with E-state index in [1.54, 1.807) is 12.1 Å². The van der Waals surface area contributed by atoms with Gasteiger partial charge in [-0.3, -0.25) is 0 Å². The van der Waals surface area contributed by atoms with Crippen LogP contribution in [0.25, 0.3) is 27.9 Å². The van der Waals surface area contributed by atoms with E-state index in [0.29, 0.717) is 10.9 Å². The second kappa shape index (κ2) is 4.34. The highest BCUT2D eigenvalue weighted by Gasteiger charge is 2.30. The van der Waals surface area contributed by atoms with Crippen LogP contribution in [0.4, 0.5) is 13.2 Å². The molecule has 1 heterocycles. The smallest absolute Gasteiger partial charge is 0.247 e. The molecule has 100 valence electrons. The lowest BCUT2D eigenvalue weighted by Gasteiger charge is -2.09. The van der Waals surface area contributed by atoms with Crippen LogP contribution in [0, 0.1) is 0 Å². The van der Waals surface area contributed by atoms with Crippen LogP contribution in [-0.2, 0) is 6.18 Å². The quantitative estimate of drug-likeness (QED) is 0.565. The second-order valence-corrected chi connectivity index (χ2v) is 4.52. The van der Waals surface area contributed by atoms with Crippen LogP contribution in [0.1, 0.15) is 11.1 Å². The molecule has 0 amide bonds. The molecule has 0 spiro atoms. The topological polar surface area (TPSA) is 12.9 Å². The van der Waals surface area contributed by atoms with Gasteiger partial charge in [0, 0.05) is 16.3 Å². The molecule has 0 aliphatic heterocycles. The summed E-state index contributed by atoms with van der Waals surface area (Å²) in [5, 5.41) is 1.28. The minimum Gasteiger partial charge on any atom is -0.247 e. The van der Waals surface area contributed by atoms with E-state index in [1.165, 1.54) is 6.07 Å². The third kappa shape index (κ3) is 2.03. The zero-order chi connectivity index (χ0) is 14.3. The van der Waals surface area contributed by atoms with Gasteiger partial charge in [0.1, 0.15) is 0 Å². The van der Waals surface area contributed by atoms with Gasteiger partial charge in [0.15, 0.2) is 0 Å². The maximum atomic E-state index is 12.7. The molecule has 20 heavy (non-hydrogen) atoms. The molecule has 3 rings (SSSR count). The third-order valence-corrected chi connectivity index (χ3v) is 3.22. The minimum atomic E-state index is -4.34. The number of halogens is 3. The Morgan fingerprint density at radius 1 is 1.00 bits per heavy atom. The molecular formula is C16H10F3N. The van der Waals surface area contributed by atoms with Crippen molar-refractivity contribution in [3.8, 4) is 0 Å². The predicted molar refractivity (Wildman–Crippen MR) is 74.3 cm³/mol. The first-order valence-electron chi connectivity index (χ1n) is 6.02. The maximum absolute atomic E-state index is 12.7. The van der Waals surface area contributed by atoms with E-state index in [2.05, 4.69) is 11.6 Å². The van der Waals surface area contributed by atoms with Crippen molar-refractivity contribution in [3.63, 3.8) is 0 Å². The van der Waals surface area contributed by atoms with E-state index in [4.69, 9.17) is 0 Å². The van der Waals surface area contributed by atoms with Gasteiger partial charge < -0.3 is 0 Å². The van der Waals surface area contributed by atoms with Crippen LogP contribution in [-0.4, -0.2) is 4.98 Å². The third-order valence-electron chi connectivity index (χ3n) is 3.22. The summed E-state index contributed by atoms with van der Waals surface area (Å²) in [6.07, 6.45) is -2.66. The number of hydrogen-bond donors (Lipinski definition) is 0. The number of nitrogens with zero attached hydrogens (tertiary/aromatic N) is 1. The normalized spacial score (nSPS) is 11.9. The maximum Gasteiger partial charge on any atom is 0.416 e. The highest BCUT2D eigenvalue weighted by molar-refractivity contribution is 5.96. The highest BCUT2D eigenvalue weighted by atomic mass is 19.4. The molecule has 2 aromatic carbocycles. The highest BCUT2D eigenvalue weighted by Crippen LogP contribution is 2.32. The molecule has 0 saturated carbocycles. The Bertz CT molecular complexity index is 819. The molecule has 3 aromatic rings. The Labute approximate surface area is 113 Å². The molecule has 1 nitrogen and oxygen atoms in total. The molecule has 0 saturated heterocycles. The minimum absolute atomic E-state index is 0.480. The lowest BCUT2D eigenvalue weighted by Crippen LogP contribution is -2.04. The number of alkyl halides is 3. The lowest BCUT2D eigenvalue weighted by atomic mass is 10.1. The molecule has 0 bridgehead atoms. The van der Waals surface area contributed by atoms with Crippen LogP contribution in [0.3, 0.4) is 0 Å². The fourth-order valence-electron chi connectivity index (χ4n) is 2.23. The van der Waals surface area contributed by atoms with E-state index < -0.39 is 11.7 Å². The summed E-state index contributed by atoms with van der Waals surface area (Å²) in [4.78, 5) is 4.43. The molecule has 0 radical (unpaired) electrons. The Morgan fingerprint density at radius 2 is 1.80 bits per heavy atom. The first kappa shape index (κ1) is 12.7. The van der Waals surface area contributed by atoms with Crippen molar-refractivity contribution in [1.29, 1.82) is 0 Å². The number of rotatable bonds is 1. The van der Waals surface area contributed by atoms with Crippen molar-refractivity contribution >= 4 is 27.9 Å². The number of pyridine rings is 1. The van der Waals surface area contributed by atoms with Gasteiger partial charge in [-0.1, -0.05) is 30.9 Å². The van der Waals surface area contributed by atoms with Crippen molar-refractivity contribution in [2.75, 3.05) is 0 Å². The molecule has 1 aromatic heterocycles. The Balaban J connectivity index is 2.33. The molecule has 0 aliphatic rings.